The largest absolute Gasteiger partial charge is 0.464 e. The normalized spacial score (nSPS) is 18.6. The number of nitrogens with zero attached hydrogens (tertiary/aromatic N) is 2. The second-order valence-corrected chi connectivity index (χ2v) is 8.72. The summed E-state index contributed by atoms with van der Waals surface area (Å²) < 4.78 is 6.58. The number of carbonyl (C=O) groups is 3. The molecule has 0 bridgehead atoms. The van der Waals surface area contributed by atoms with E-state index in [0.29, 0.717) is 22.5 Å². The Labute approximate surface area is 184 Å². The summed E-state index contributed by atoms with van der Waals surface area (Å²) >= 11 is 0. The van der Waals surface area contributed by atoms with Crippen LogP contribution in [0.1, 0.15) is 70.8 Å². The molecule has 1 saturated carbocycles. The van der Waals surface area contributed by atoms with Crippen molar-refractivity contribution in [2.24, 2.45) is 13.0 Å². The van der Waals surface area contributed by atoms with Gasteiger partial charge < -0.3 is 14.2 Å². The van der Waals surface area contributed by atoms with Crippen LogP contribution in [-0.4, -0.2) is 46.3 Å². The number of benzene rings is 1. The number of methoxy groups -OCH3 is 1. The molecule has 1 aromatic heterocycles. The van der Waals surface area contributed by atoms with Crippen LogP contribution < -0.4 is 0 Å². The molecule has 0 N–H and O–H groups in total. The average Bonchev–Trinajstić information content (AvgIpc) is 3.51. The highest BCUT2D eigenvalue weighted by atomic mass is 16.5. The van der Waals surface area contributed by atoms with E-state index in [1.807, 2.05) is 39.0 Å². The van der Waals surface area contributed by atoms with Crippen LogP contribution in [0, 0.1) is 19.8 Å². The summed E-state index contributed by atoms with van der Waals surface area (Å²) in [5, 5.41) is 0. The molecule has 0 saturated heterocycles. The summed E-state index contributed by atoms with van der Waals surface area (Å²) in [5.41, 5.74) is 3.31. The minimum Gasteiger partial charge on any atom is -0.464 e. The molecule has 1 amide bonds. The Morgan fingerprint density at radius 3 is 2.26 bits per heavy atom. The summed E-state index contributed by atoms with van der Waals surface area (Å²) in [5.74, 6) is -0.494. The molecule has 0 aliphatic heterocycles. The van der Waals surface area contributed by atoms with Gasteiger partial charge in [0.05, 0.1) is 13.2 Å². The van der Waals surface area contributed by atoms with Crippen LogP contribution in [0.15, 0.2) is 30.3 Å². The molecule has 3 rings (SSSR count). The molecule has 1 heterocycles. The molecule has 0 unspecified atom stereocenters. The Bertz CT molecular complexity index is 1010. The summed E-state index contributed by atoms with van der Waals surface area (Å²) in [6.07, 6.45) is 0.808. The van der Waals surface area contributed by atoms with Crippen molar-refractivity contribution in [1.82, 2.24) is 9.47 Å². The van der Waals surface area contributed by atoms with Crippen molar-refractivity contribution < 1.29 is 19.1 Å². The Morgan fingerprint density at radius 2 is 1.71 bits per heavy atom. The van der Waals surface area contributed by atoms with E-state index in [4.69, 9.17) is 4.74 Å². The maximum atomic E-state index is 13.5. The number of hydrogen-bond acceptors (Lipinski definition) is 4. The standard InChI is InChI=1S/C25H32N2O4/c1-14(2)27(24(29)20-13-19(20)18-11-9-8-10-12-18)17(5)23(28)21-15(3)22(25(30)31-7)26(6)16(21)4/h8-12,14,17,19-20H,13H2,1-7H3/t17-,19-,20+/m0/s1. The van der Waals surface area contributed by atoms with E-state index in [2.05, 4.69) is 12.1 Å². The van der Waals surface area contributed by atoms with Crippen LogP contribution in [0.4, 0.5) is 0 Å². The Morgan fingerprint density at radius 1 is 1.10 bits per heavy atom. The molecule has 166 valence electrons. The molecule has 1 fully saturated rings. The number of hydrogen-bond donors (Lipinski definition) is 0. The number of amides is 1. The monoisotopic (exact) mass is 424 g/mol. The van der Waals surface area contributed by atoms with Crippen molar-refractivity contribution in [3.63, 3.8) is 0 Å². The number of carbonyl (C=O) groups excluding carboxylic acids is 3. The first-order chi connectivity index (χ1) is 14.6. The Balaban J connectivity index is 1.88. The summed E-state index contributed by atoms with van der Waals surface area (Å²) in [6.45, 7) is 9.22. The van der Waals surface area contributed by atoms with E-state index in [-0.39, 0.29) is 29.6 Å². The third-order valence-corrected chi connectivity index (χ3v) is 6.50. The number of ether oxygens (including phenoxy) is 1. The van der Waals surface area contributed by atoms with Gasteiger partial charge in [-0.15, -0.1) is 0 Å². The second kappa shape index (κ2) is 8.69. The highest BCUT2D eigenvalue weighted by molar-refractivity contribution is 6.06. The maximum absolute atomic E-state index is 13.5. The highest BCUT2D eigenvalue weighted by Crippen LogP contribution is 2.49. The van der Waals surface area contributed by atoms with Gasteiger partial charge in [-0.1, -0.05) is 30.3 Å². The van der Waals surface area contributed by atoms with Gasteiger partial charge in [0.25, 0.3) is 0 Å². The minimum atomic E-state index is -0.630. The van der Waals surface area contributed by atoms with E-state index in [1.165, 1.54) is 12.7 Å². The van der Waals surface area contributed by atoms with E-state index in [9.17, 15) is 14.4 Å². The molecule has 31 heavy (non-hydrogen) atoms. The lowest BCUT2D eigenvalue weighted by Gasteiger charge is -2.32. The smallest absolute Gasteiger partial charge is 0.354 e. The van der Waals surface area contributed by atoms with Crippen molar-refractivity contribution in [1.29, 1.82) is 0 Å². The molecule has 1 aliphatic carbocycles. The topological polar surface area (TPSA) is 68.6 Å². The van der Waals surface area contributed by atoms with E-state index >= 15 is 0 Å². The van der Waals surface area contributed by atoms with Gasteiger partial charge in [0.15, 0.2) is 5.78 Å². The van der Waals surface area contributed by atoms with Crippen molar-refractivity contribution in [2.45, 2.75) is 59.0 Å². The predicted octanol–water partition coefficient (Wildman–Crippen LogP) is 4.04. The zero-order chi connectivity index (χ0) is 23.0. The molecule has 1 aliphatic rings. The Kier molecular flexibility index (Phi) is 6.39. The first-order valence-corrected chi connectivity index (χ1v) is 10.8. The van der Waals surface area contributed by atoms with Crippen LogP contribution in [0.5, 0.6) is 0 Å². The molecule has 6 heteroatoms. The fraction of sp³-hybridized carbons (Fsp3) is 0.480. The van der Waals surface area contributed by atoms with Crippen molar-refractivity contribution in [3.05, 3.63) is 58.4 Å². The summed E-state index contributed by atoms with van der Waals surface area (Å²) in [7, 11) is 3.07. The van der Waals surface area contributed by atoms with Gasteiger partial charge in [0.1, 0.15) is 5.69 Å². The molecule has 0 spiro atoms. The van der Waals surface area contributed by atoms with Crippen molar-refractivity contribution in [2.75, 3.05) is 7.11 Å². The van der Waals surface area contributed by atoms with Gasteiger partial charge in [-0.2, -0.15) is 0 Å². The van der Waals surface area contributed by atoms with Gasteiger partial charge in [-0.25, -0.2) is 4.79 Å². The van der Waals surface area contributed by atoms with Crippen molar-refractivity contribution >= 4 is 17.7 Å². The average molecular weight is 425 g/mol. The first kappa shape index (κ1) is 22.8. The lowest BCUT2D eigenvalue weighted by Crippen LogP contribution is -2.48. The molecule has 3 atom stereocenters. The molecule has 6 nitrogen and oxygen atoms in total. The highest BCUT2D eigenvalue weighted by Gasteiger charge is 2.47. The van der Waals surface area contributed by atoms with Gasteiger partial charge in [0, 0.05) is 30.3 Å². The summed E-state index contributed by atoms with van der Waals surface area (Å²) in [4.78, 5) is 40.9. The Hall–Kier alpha value is -2.89. The number of rotatable bonds is 7. The fourth-order valence-electron chi connectivity index (χ4n) is 4.68. The zero-order valence-corrected chi connectivity index (χ0v) is 19.4. The van der Waals surface area contributed by atoms with Gasteiger partial charge >= 0.3 is 5.97 Å². The third-order valence-electron chi connectivity index (χ3n) is 6.50. The van der Waals surface area contributed by atoms with E-state index < -0.39 is 12.0 Å². The predicted molar refractivity (Wildman–Crippen MR) is 119 cm³/mol. The number of esters is 1. The first-order valence-electron chi connectivity index (χ1n) is 10.8. The van der Waals surface area contributed by atoms with E-state index in [1.54, 1.807) is 30.4 Å². The molecular formula is C25H32N2O4. The van der Waals surface area contributed by atoms with Crippen LogP contribution in [0.3, 0.4) is 0 Å². The maximum Gasteiger partial charge on any atom is 0.354 e. The van der Waals surface area contributed by atoms with Crippen LogP contribution >= 0.6 is 0 Å². The van der Waals surface area contributed by atoms with Gasteiger partial charge in [-0.05, 0) is 58.1 Å². The van der Waals surface area contributed by atoms with Crippen LogP contribution in [0.2, 0.25) is 0 Å². The van der Waals surface area contributed by atoms with Crippen LogP contribution in [-0.2, 0) is 16.6 Å². The second-order valence-electron chi connectivity index (χ2n) is 8.72. The van der Waals surface area contributed by atoms with E-state index in [0.717, 1.165) is 6.42 Å². The van der Waals surface area contributed by atoms with Crippen molar-refractivity contribution in [3.8, 4) is 0 Å². The number of Topliss-reactive ketones (excluding diaryl/α,β-unsaturated/α-hetero) is 1. The number of aromatic nitrogens is 1. The lowest BCUT2D eigenvalue weighted by molar-refractivity contribution is -0.135. The molecule has 1 aromatic carbocycles. The zero-order valence-electron chi connectivity index (χ0n) is 19.4. The van der Waals surface area contributed by atoms with Crippen LogP contribution in [0.25, 0.3) is 0 Å². The summed E-state index contributed by atoms with van der Waals surface area (Å²) in [6, 6.07) is 9.30. The quantitative estimate of drug-likeness (QED) is 0.497. The SMILES string of the molecule is COC(=O)c1c(C)c(C(=O)[C@H](C)N(C(=O)[C@@H]2C[C@H]2c2ccccc2)C(C)C)c(C)n1C. The fourth-order valence-corrected chi connectivity index (χ4v) is 4.68. The molecule has 0 radical (unpaired) electrons. The molecular weight excluding hydrogens is 392 g/mol. The molecule has 2 aromatic rings. The third kappa shape index (κ3) is 4.03. The minimum absolute atomic E-state index is 0.0177. The number of ketones is 1. The van der Waals surface area contributed by atoms with Gasteiger partial charge in [-0.3, -0.25) is 9.59 Å². The van der Waals surface area contributed by atoms with Gasteiger partial charge in [0.2, 0.25) is 5.91 Å². The lowest BCUT2D eigenvalue weighted by atomic mass is 9.98.